The van der Waals surface area contributed by atoms with Crippen LogP contribution < -0.4 is 5.32 Å². The van der Waals surface area contributed by atoms with Crippen molar-refractivity contribution in [2.45, 2.75) is 45.3 Å². The average Bonchev–Trinajstić information content (AvgIpc) is 2.49. The Morgan fingerprint density at radius 3 is 2.87 bits per heavy atom. The highest BCUT2D eigenvalue weighted by molar-refractivity contribution is 7.80. The van der Waals surface area contributed by atoms with E-state index < -0.39 is 5.97 Å². The second-order valence-electron chi connectivity index (χ2n) is 5.58. The van der Waals surface area contributed by atoms with E-state index in [0.717, 1.165) is 19.3 Å². The molecule has 0 saturated heterocycles. The predicted octanol–water partition coefficient (Wildman–Crippen LogP) is 4.73. The zero-order valence-electron chi connectivity index (χ0n) is 13.2. The Labute approximate surface area is 146 Å². The van der Waals surface area contributed by atoms with E-state index in [1.54, 1.807) is 32.0 Å². The quantitative estimate of drug-likeness (QED) is 0.482. The molecule has 0 aromatic heterocycles. The summed E-state index contributed by atoms with van der Waals surface area (Å²) in [5, 5.41) is 3.58. The Bertz CT molecular complexity index is 616. The van der Waals surface area contributed by atoms with Crippen LogP contribution in [-0.2, 0) is 9.47 Å². The van der Waals surface area contributed by atoms with E-state index in [1.807, 2.05) is 6.08 Å². The van der Waals surface area contributed by atoms with Crippen LogP contribution in [0.2, 0.25) is 5.02 Å². The topological polar surface area (TPSA) is 47.6 Å². The van der Waals surface area contributed by atoms with Crippen LogP contribution in [0.5, 0.6) is 0 Å². The lowest BCUT2D eigenvalue weighted by Gasteiger charge is -2.19. The molecule has 0 heterocycles. The molecule has 2 rings (SSSR count). The van der Waals surface area contributed by atoms with Crippen molar-refractivity contribution >= 4 is 40.7 Å². The van der Waals surface area contributed by atoms with E-state index >= 15 is 0 Å². The van der Waals surface area contributed by atoms with Crippen LogP contribution in [0.3, 0.4) is 0 Å². The molecule has 1 unspecified atom stereocenters. The number of hydrogen-bond donors (Lipinski definition) is 1. The average molecular weight is 354 g/mol. The summed E-state index contributed by atoms with van der Waals surface area (Å²) in [5.74, 6) is -0.462. The van der Waals surface area contributed by atoms with Crippen molar-refractivity contribution in [2.75, 3.05) is 5.32 Å². The molecule has 0 fully saturated rings. The highest BCUT2D eigenvalue weighted by Crippen LogP contribution is 2.22. The number of esters is 1. The first-order valence-electron chi connectivity index (χ1n) is 7.60. The highest BCUT2D eigenvalue weighted by atomic mass is 35.5. The van der Waals surface area contributed by atoms with E-state index in [9.17, 15) is 4.79 Å². The number of halogens is 1. The Morgan fingerprint density at radius 1 is 1.43 bits per heavy atom. The number of anilines is 1. The van der Waals surface area contributed by atoms with Crippen LogP contribution in [0, 0.1) is 0 Å². The highest BCUT2D eigenvalue weighted by Gasteiger charge is 2.16. The van der Waals surface area contributed by atoms with Crippen molar-refractivity contribution in [3.63, 3.8) is 0 Å². The molecule has 0 amide bonds. The predicted molar refractivity (Wildman–Crippen MR) is 96.1 cm³/mol. The van der Waals surface area contributed by atoms with Crippen molar-refractivity contribution < 1.29 is 14.3 Å². The summed E-state index contributed by atoms with van der Waals surface area (Å²) in [6.45, 7) is 3.57. The summed E-state index contributed by atoms with van der Waals surface area (Å²) in [6, 6.07) is 4.98. The number of hydrogen-bond acceptors (Lipinski definition) is 4. The molecule has 1 aliphatic rings. The lowest BCUT2D eigenvalue weighted by atomic mass is 10.1. The van der Waals surface area contributed by atoms with Gasteiger partial charge in [0.1, 0.15) is 6.10 Å². The fourth-order valence-electron chi connectivity index (χ4n) is 2.20. The SMILES string of the molecule is CC(C)OC(=O)c1cc(NC(=S)OC2C=CCCC2)ccc1Cl. The molecule has 1 aliphatic carbocycles. The Kier molecular flexibility index (Phi) is 6.42. The minimum atomic E-state index is -0.462. The number of thiocarbonyl (C=S) groups is 1. The molecule has 124 valence electrons. The van der Waals surface area contributed by atoms with Crippen LogP contribution in [0.4, 0.5) is 5.69 Å². The van der Waals surface area contributed by atoms with Gasteiger partial charge < -0.3 is 14.8 Å². The molecular formula is C17H20ClNO3S. The van der Waals surface area contributed by atoms with Gasteiger partial charge in [0.15, 0.2) is 0 Å². The standard InChI is InChI=1S/C17H20ClNO3S/c1-11(2)21-16(20)14-10-12(8-9-15(14)18)19-17(23)22-13-6-4-3-5-7-13/h4,6,8-11,13H,3,5,7H2,1-2H3,(H,19,23). The van der Waals surface area contributed by atoms with Gasteiger partial charge in [-0.3, -0.25) is 0 Å². The van der Waals surface area contributed by atoms with Crippen LogP contribution in [0.15, 0.2) is 30.4 Å². The number of carbonyl (C=O) groups is 1. The first-order chi connectivity index (χ1) is 11.0. The van der Waals surface area contributed by atoms with Gasteiger partial charge in [0.2, 0.25) is 0 Å². The smallest absolute Gasteiger partial charge is 0.339 e. The minimum absolute atomic E-state index is 0.00132. The van der Waals surface area contributed by atoms with Crippen LogP contribution >= 0.6 is 23.8 Å². The number of nitrogens with one attached hydrogen (secondary N) is 1. The van der Waals surface area contributed by atoms with E-state index in [1.165, 1.54) is 0 Å². The summed E-state index contributed by atoms with van der Waals surface area (Å²) in [4.78, 5) is 12.0. The molecule has 23 heavy (non-hydrogen) atoms. The van der Waals surface area contributed by atoms with Crippen molar-refractivity contribution in [1.29, 1.82) is 0 Å². The lowest BCUT2D eigenvalue weighted by molar-refractivity contribution is 0.0378. The normalized spacial score (nSPS) is 17.0. The maximum atomic E-state index is 12.0. The number of ether oxygens (including phenoxy) is 2. The molecule has 0 bridgehead atoms. The molecule has 1 aromatic rings. The van der Waals surface area contributed by atoms with E-state index in [4.69, 9.17) is 33.3 Å². The van der Waals surface area contributed by atoms with Gasteiger partial charge in [0, 0.05) is 5.69 Å². The third kappa shape index (κ3) is 5.52. The zero-order chi connectivity index (χ0) is 16.8. The van der Waals surface area contributed by atoms with Gasteiger partial charge in [-0.2, -0.15) is 0 Å². The van der Waals surface area contributed by atoms with Crippen molar-refractivity contribution in [2.24, 2.45) is 0 Å². The Morgan fingerprint density at radius 2 is 2.22 bits per heavy atom. The third-order valence-corrected chi connectivity index (χ3v) is 3.77. The molecule has 0 spiro atoms. The van der Waals surface area contributed by atoms with E-state index in [0.29, 0.717) is 16.3 Å². The fourth-order valence-corrected chi connectivity index (χ4v) is 2.64. The zero-order valence-corrected chi connectivity index (χ0v) is 14.7. The van der Waals surface area contributed by atoms with Crippen molar-refractivity contribution in [3.05, 3.63) is 40.9 Å². The lowest BCUT2D eigenvalue weighted by Crippen LogP contribution is -2.22. The minimum Gasteiger partial charge on any atom is -0.463 e. The van der Waals surface area contributed by atoms with E-state index in [2.05, 4.69) is 11.4 Å². The maximum absolute atomic E-state index is 12.0. The summed E-state index contributed by atoms with van der Waals surface area (Å²) in [7, 11) is 0. The number of carbonyl (C=O) groups excluding carboxylic acids is 1. The molecule has 6 heteroatoms. The first kappa shape index (κ1) is 17.8. The van der Waals surface area contributed by atoms with Gasteiger partial charge in [-0.05, 0) is 69.6 Å². The van der Waals surface area contributed by atoms with Crippen LogP contribution in [-0.4, -0.2) is 23.4 Å². The van der Waals surface area contributed by atoms with Gasteiger partial charge in [-0.1, -0.05) is 17.7 Å². The van der Waals surface area contributed by atoms with Gasteiger partial charge in [0.25, 0.3) is 5.17 Å². The van der Waals surface area contributed by atoms with Gasteiger partial charge >= 0.3 is 5.97 Å². The van der Waals surface area contributed by atoms with Gasteiger partial charge in [-0.25, -0.2) is 4.79 Å². The molecule has 0 aliphatic heterocycles. The molecule has 1 N–H and O–H groups in total. The molecule has 4 nitrogen and oxygen atoms in total. The summed E-state index contributed by atoms with van der Waals surface area (Å²) < 4.78 is 10.8. The number of benzene rings is 1. The van der Waals surface area contributed by atoms with Gasteiger partial charge in [0.05, 0.1) is 16.7 Å². The first-order valence-corrected chi connectivity index (χ1v) is 8.39. The third-order valence-electron chi connectivity index (χ3n) is 3.24. The summed E-state index contributed by atoms with van der Waals surface area (Å²) >= 11 is 11.3. The van der Waals surface area contributed by atoms with Crippen molar-refractivity contribution in [3.8, 4) is 0 Å². The maximum Gasteiger partial charge on any atom is 0.339 e. The second kappa shape index (κ2) is 8.31. The summed E-state index contributed by atoms with van der Waals surface area (Å²) in [5.41, 5.74) is 0.931. The van der Waals surface area contributed by atoms with Crippen LogP contribution in [0.25, 0.3) is 0 Å². The Balaban J connectivity index is 2.02. The molecular weight excluding hydrogens is 334 g/mol. The number of rotatable bonds is 4. The molecule has 1 aromatic carbocycles. The molecule has 0 radical (unpaired) electrons. The molecule has 0 saturated carbocycles. The largest absolute Gasteiger partial charge is 0.463 e. The van der Waals surface area contributed by atoms with E-state index in [-0.39, 0.29) is 17.4 Å². The Hall–Kier alpha value is -1.59. The van der Waals surface area contributed by atoms with Gasteiger partial charge in [-0.15, -0.1) is 0 Å². The molecule has 1 atom stereocenters. The second-order valence-corrected chi connectivity index (χ2v) is 6.35. The van der Waals surface area contributed by atoms with Crippen molar-refractivity contribution in [1.82, 2.24) is 0 Å². The summed E-state index contributed by atoms with van der Waals surface area (Å²) in [6.07, 6.45) is 7.03. The number of allylic oxidation sites excluding steroid dienone is 1. The fraction of sp³-hybridized carbons (Fsp3) is 0.412. The van der Waals surface area contributed by atoms with Crippen LogP contribution in [0.1, 0.15) is 43.5 Å². The monoisotopic (exact) mass is 353 g/mol.